The lowest BCUT2D eigenvalue weighted by molar-refractivity contribution is -0.140. The number of rotatable bonds is 12. The molecule has 4 rings (SSSR count). The molecular weight excluding hydrogens is 478 g/mol. The van der Waals surface area contributed by atoms with Crippen LogP contribution in [0.5, 0.6) is 5.75 Å². The molecule has 4 atom stereocenters. The summed E-state index contributed by atoms with van der Waals surface area (Å²) in [5.41, 5.74) is 0.777. The highest BCUT2D eigenvalue weighted by Crippen LogP contribution is 2.57. The van der Waals surface area contributed by atoms with Crippen molar-refractivity contribution in [1.29, 1.82) is 0 Å². The van der Waals surface area contributed by atoms with Crippen LogP contribution in [0.1, 0.15) is 37.7 Å². The SMILES string of the molecule is COC(=O)CCC/C=C\C[C@@H]1[C@@H](/C=C/C(=O)COc2ccc(F)cc2)[C@H]2C[C@]1(c1ccc(F)cc1)CO2. The van der Waals surface area contributed by atoms with Gasteiger partial charge in [-0.1, -0.05) is 30.4 Å². The van der Waals surface area contributed by atoms with Gasteiger partial charge in [0.1, 0.15) is 17.4 Å². The third-order valence-corrected chi connectivity index (χ3v) is 7.38. The van der Waals surface area contributed by atoms with Crippen molar-refractivity contribution >= 4 is 11.8 Å². The van der Waals surface area contributed by atoms with Crippen molar-refractivity contribution in [3.8, 4) is 5.75 Å². The van der Waals surface area contributed by atoms with Gasteiger partial charge >= 0.3 is 5.97 Å². The van der Waals surface area contributed by atoms with Gasteiger partial charge in [0.15, 0.2) is 12.4 Å². The van der Waals surface area contributed by atoms with E-state index in [1.54, 1.807) is 6.08 Å². The Morgan fingerprint density at radius 1 is 1.05 bits per heavy atom. The van der Waals surface area contributed by atoms with E-state index in [1.807, 2.05) is 18.2 Å². The Hall–Kier alpha value is -3.32. The Morgan fingerprint density at radius 3 is 2.46 bits per heavy atom. The maximum atomic E-state index is 13.7. The monoisotopic (exact) mass is 510 g/mol. The van der Waals surface area contributed by atoms with Gasteiger partial charge < -0.3 is 14.2 Å². The summed E-state index contributed by atoms with van der Waals surface area (Å²) in [4.78, 5) is 23.9. The van der Waals surface area contributed by atoms with E-state index in [9.17, 15) is 18.4 Å². The number of benzene rings is 2. The maximum absolute atomic E-state index is 13.7. The van der Waals surface area contributed by atoms with Gasteiger partial charge in [-0.25, -0.2) is 8.78 Å². The fourth-order valence-corrected chi connectivity index (χ4v) is 5.48. The molecule has 0 amide bonds. The first-order valence-corrected chi connectivity index (χ1v) is 12.6. The largest absolute Gasteiger partial charge is 0.485 e. The predicted octanol–water partition coefficient (Wildman–Crippen LogP) is 5.73. The van der Waals surface area contributed by atoms with Crippen LogP contribution in [-0.2, 0) is 24.5 Å². The average molecular weight is 511 g/mol. The molecule has 1 heterocycles. The fraction of sp³-hybridized carbons (Fsp3) is 0.400. The van der Waals surface area contributed by atoms with E-state index < -0.39 is 0 Å². The first kappa shape index (κ1) is 26.7. The summed E-state index contributed by atoms with van der Waals surface area (Å²) in [6, 6.07) is 12.2. The molecule has 0 spiro atoms. The molecule has 0 aromatic heterocycles. The van der Waals surface area contributed by atoms with E-state index in [2.05, 4.69) is 16.9 Å². The highest BCUT2D eigenvalue weighted by Gasteiger charge is 2.58. The van der Waals surface area contributed by atoms with Gasteiger partial charge in [-0.2, -0.15) is 0 Å². The maximum Gasteiger partial charge on any atom is 0.305 e. The number of carbonyl (C=O) groups excluding carboxylic acids is 2. The minimum Gasteiger partial charge on any atom is -0.485 e. The molecule has 2 bridgehead atoms. The van der Waals surface area contributed by atoms with Crippen LogP contribution in [0.25, 0.3) is 0 Å². The zero-order chi connectivity index (χ0) is 26.3. The van der Waals surface area contributed by atoms with Crippen LogP contribution in [-0.4, -0.2) is 38.2 Å². The Kier molecular flexibility index (Phi) is 8.87. The second-order valence-corrected chi connectivity index (χ2v) is 9.64. The van der Waals surface area contributed by atoms with Crippen molar-refractivity contribution in [2.24, 2.45) is 11.8 Å². The summed E-state index contributed by atoms with van der Waals surface area (Å²) >= 11 is 0. The molecule has 2 aliphatic rings. The van der Waals surface area contributed by atoms with Crippen LogP contribution < -0.4 is 4.74 Å². The molecule has 2 aromatic rings. The predicted molar refractivity (Wildman–Crippen MR) is 135 cm³/mol. The van der Waals surface area contributed by atoms with Gasteiger partial charge in [-0.15, -0.1) is 0 Å². The lowest BCUT2D eigenvalue weighted by Crippen LogP contribution is -2.39. The van der Waals surface area contributed by atoms with Gasteiger partial charge in [-0.3, -0.25) is 9.59 Å². The van der Waals surface area contributed by atoms with E-state index in [-0.39, 0.29) is 53.3 Å². The second-order valence-electron chi connectivity index (χ2n) is 9.64. The van der Waals surface area contributed by atoms with Crippen LogP contribution in [0.3, 0.4) is 0 Å². The number of ether oxygens (including phenoxy) is 3. The van der Waals surface area contributed by atoms with Crippen molar-refractivity contribution in [1.82, 2.24) is 0 Å². The number of fused-ring (bicyclic) bond motifs is 2. The summed E-state index contributed by atoms with van der Waals surface area (Å²) in [6.07, 6.45) is 11.1. The zero-order valence-electron chi connectivity index (χ0n) is 20.9. The minimum absolute atomic E-state index is 0.00768. The second kappa shape index (κ2) is 12.3. The average Bonchev–Trinajstić information content (AvgIpc) is 3.47. The number of carbonyl (C=O) groups is 2. The molecule has 2 aromatic carbocycles. The van der Waals surface area contributed by atoms with E-state index in [1.165, 1.54) is 43.5 Å². The van der Waals surface area contributed by atoms with Crippen LogP contribution in [0.2, 0.25) is 0 Å². The molecule has 1 aliphatic heterocycles. The molecule has 2 fully saturated rings. The number of esters is 1. The summed E-state index contributed by atoms with van der Waals surface area (Å²) in [5.74, 6) is -0.458. The van der Waals surface area contributed by atoms with Gasteiger partial charge in [0.2, 0.25) is 0 Å². The summed E-state index contributed by atoms with van der Waals surface area (Å²) in [6.45, 7) is 0.407. The molecule has 5 nitrogen and oxygen atoms in total. The zero-order valence-corrected chi connectivity index (χ0v) is 20.9. The molecule has 1 saturated carbocycles. The number of halogens is 2. The number of unbranched alkanes of at least 4 members (excludes halogenated alkanes) is 1. The molecule has 0 unspecified atom stereocenters. The van der Waals surface area contributed by atoms with Crippen molar-refractivity contribution in [3.05, 3.63) is 90.0 Å². The van der Waals surface area contributed by atoms with Gasteiger partial charge in [0.25, 0.3) is 0 Å². The Balaban J connectivity index is 1.44. The molecule has 0 N–H and O–H groups in total. The number of allylic oxidation sites excluding steroid dienone is 2. The molecule has 0 radical (unpaired) electrons. The normalized spacial score (nSPS) is 24.7. The first-order valence-electron chi connectivity index (χ1n) is 12.6. The Bertz CT molecular complexity index is 1130. The fourth-order valence-electron chi connectivity index (χ4n) is 5.48. The lowest BCUT2D eigenvalue weighted by Gasteiger charge is -2.38. The quantitative estimate of drug-likeness (QED) is 0.158. The molecule has 7 heteroatoms. The molecule has 1 aliphatic carbocycles. The summed E-state index contributed by atoms with van der Waals surface area (Å²) in [5, 5.41) is 0. The van der Waals surface area contributed by atoms with Gasteiger partial charge in [-0.05, 0) is 79.6 Å². The minimum atomic E-state index is -0.367. The molecule has 196 valence electrons. The third-order valence-electron chi connectivity index (χ3n) is 7.38. The molecule has 1 saturated heterocycles. The van der Waals surface area contributed by atoms with Crippen molar-refractivity contribution in [3.63, 3.8) is 0 Å². The topological polar surface area (TPSA) is 61.8 Å². The smallest absolute Gasteiger partial charge is 0.305 e. The van der Waals surface area contributed by atoms with E-state index in [0.29, 0.717) is 25.2 Å². The van der Waals surface area contributed by atoms with Crippen LogP contribution in [0, 0.1) is 23.5 Å². The van der Waals surface area contributed by atoms with Crippen molar-refractivity contribution < 1.29 is 32.6 Å². The van der Waals surface area contributed by atoms with E-state index >= 15 is 0 Å². The van der Waals surface area contributed by atoms with E-state index in [0.717, 1.165) is 24.8 Å². The van der Waals surface area contributed by atoms with E-state index in [4.69, 9.17) is 9.47 Å². The van der Waals surface area contributed by atoms with Crippen LogP contribution >= 0.6 is 0 Å². The summed E-state index contributed by atoms with van der Waals surface area (Å²) < 4.78 is 43.0. The summed E-state index contributed by atoms with van der Waals surface area (Å²) in [7, 11) is 1.39. The number of ketones is 1. The van der Waals surface area contributed by atoms with Crippen LogP contribution in [0.15, 0.2) is 72.8 Å². The van der Waals surface area contributed by atoms with Crippen molar-refractivity contribution in [2.45, 2.75) is 43.6 Å². The molecule has 37 heavy (non-hydrogen) atoms. The highest BCUT2D eigenvalue weighted by molar-refractivity contribution is 5.91. The standard InChI is InChI=1S/C30H32F2O5/c1-35-29(34)7-5-3-2-4-6-27-26(17-14-24(33)19-36-25-15-12-23(32)13-16-25)28-18-30(27,20-37-28)21-8-10-22(31)11-9-21/h2,4,8-17,26-28H,3,5-7,18-20H2,1H3/b4-2-,17-14+/t26-,27-,28-,30-/m1/s1. The Labute approximate surface area is 216 Å². The van der Waals surface area contributed by atoms with Crippen LogP contribution in [0.4, 0.5) is 8.78 Å². The molecular formula is C30H32F2O5. The number of hydrogen-bond acceptors (Lipinski definition) is 5. The third kappa shape index (κ3) is 6.52. The van der Waals surface area contributed by atoms with Gasteiger partial charge in [0, 0.05) is 17.8 Å². The van der Waals surface area contributed by atoms with Gasteiger partial charge in [0.05, 0.1) is 19.8 Å². The number of hydrogen-bond donors (Lipinski definition) is 0. The Morgan fingerprint density at radius 2 is 1.76 bits per heavy atom. The number of methoxy groups -OCH3 is 1. The van der Waals surface area contributed by atoms with Crippen molar-refractivity contribution in [2.75, 3.05) is 20.3 Å². The first-order chi connectivity index (χ1) is 17.9. The lowest BCUT2D eigenvalue weighted by atomic mass is 9.69. The highest BCUT2D eigenvalue weighted by atomic mass is 19.1.